The second-order valence-electron chi connectivity index (χ2n) is 15.1. The first-order valence-electron chi connectivity index (χ1n) is 16.4. The van der Waals surface area contributed by atoms with Crippen molar-refractivity contribution in [2.45, 2.75) is 77.4 Å². The number of para-hydroxylation sites is 1. The van der Waals surface area contributed by atoms with E-state index in [1.807, 2.05) is 13.8 Å². The first kappa shape index (κ1) is 30.5. The second-order valence-corrected chi connectivity index (χ2v) is 15.1. The average molecular weight is 606 g/mol. The lowest BCUT2D eigenvalue weighted by atomic mass is 9.80. The van der Waals surface area contributed by atoms with Gasteiger partial charge in [-0.05, 0) is 108 Å². The van der Waals surface area contributed by atoms with E-state index in [0.717, 1.165) is 22.5 Å². The van der Waals surface area contributed by atoms with Crippen LogP contribution in [0.1, 0.15) is 77.6 Å². The van der Waals surface area contributed by atoms with Gasteiger partial charge in [0.15, 0.2) is 0 Å². The van der Waals surface area contributed by atoms with Crippen LogP contribution in [0.5, 0.6) is 0 Å². The van der Waals surface area contributed by atoms with Gasteiger partial charge in [0, 0.05) is 27.9 Å². The van der Waals surface area contributed by atoms with Gasteiger partial charge in [-0.1, -0.05) is 107 Å². The van der Waals surface area contributed by atoms with Crippen molar-refractivity contribution in [1.82, 2.24) is 0 Å². The Labute approximate surface area is 275 Å². The number of fused-ring (bicyclic) bond motifs is 6. The highest BCUT2D eigenvalue weighted by molar-refractivity contribution is 6.49. The molecule has 46 heavy (non-hydrogen) atoms. The Morgan fingerprint density at radius 2 is 1.00 bits per heavy atom. The molecule has 0 amide bonds. The van der Waals surface area contributed by atoms with E-state index in [1.54, 1.807) is 13.8 Å². The van der Waals surface area contributed by atoms with E-state index in [2.05, 4.69) is 142 Å². The molecule has 0 unspecified atom stereocenters. The molecule has 0 spiro atoms. The van der Waals surface area contributed by atoms with Crippen LogP contribution in [0.2, 0.25) is 0 Å². The first-order chi connectivity index (χ1) is 21.7. The Hall–Kier alpha value is -4.12. The molecule has 0 atom stereocenters. The van der Waals surface area contributed by atoms with E-state index in [4.69, 9.17) is 4.65 Å². The quantitative estimate of drug-likeness (QED) is 0.188. The number of aliphatic hydroxyl groups is 1. The lowest BCUT2D eigenvalue weighted by molar-refractivity contribution is -0.0893. The maximum Gasteiger partial charge on any atom is 0.311 e. The van der Waals surface area contributed by atoms with Crippen LogP contribution >= 0.6 is 0 Å². The maximum atomic E-state index is 10.8. The van der Waals surface area contributed by atoms with E-state index in [0.29, 0.717) is 7.48 Å². The fraction of sp³-hybridized carbons (Fsp3) is 0.286. The molecule has 5 aromatic carbocycles. The minimum Gasteiger partial charge on any atom is -0.427 e. The average Bonchev–Trinajstić information content (AvgIpc) is 3.40. The van der Waals surface area contributed by atoms with Crippen LogP contribution in [0.3, 0.4) is 0 Å². The van der Waals surface area contributed by atoms with E-state index < -0.39 is 11.2 Å². The molecule has 0 saturated heterocycles. The smallest absolute Gasteiger partial charge is 0.311 e. The summed E-state index contributed by atoms with van der Waals surface area (Å²) in [6, 6.07) is 40.0. The van der Waals surface area contributed by atoms with Gasteiger partial charge >= 0.3 is 7.48 Å². The SMILES string of the molecule is CC1(C)c2ccccc2-c2ccc(N(c3ccc4c(c3)C(C)(C)c3ccccc3-4)c3ccccc3BOC(C)(C)C(C)(C)O)cc21. The summed E-state index contributed by atoms with van der Waals surface area (Å²) in [6.45, 7) is 16.9. The summed E-state index contributed by atoms with van der Waals surface area (Å²) in [5, 5.41) is 10.8. The number of rotatable bonds is 7. The van der Waals surface area contributed by atoms with E-state index in [-0.39, 0.29) is 10.8 Å². The Kier molecular flexibility index (Phi) is 6.94. The largest absolute Gasteiger partial charge is 0.427 e. The molecule has 2 aliphatic rings. The van der Waals surface area contributed by atoms with Crippen LogP contribution in [0, 0.1) is 0 Å². The first-order valence-corrected chi connectivity index (χ1v) is 16.4. The van der Waals surface area contributed by atoms with Gasteiger partial charge in [0.25, 0.3) is 0 Å². The van der Waals surface area contributed by atoms with Crippen LogP contribution in [0.25, 0.3) is 22.3 Å². The number of anilines is 3. The highest BCUT2D eigenvalue weighted by atomic mass is 16.5. The molecule has 0 aromatic heterocycles. The number of benzene rings is 5. The van der Waals surface area contributed by atoms with Crippen molar-refractivity contribution in [3.8, 4) is 22.3 Å². The summed E-state index contributed by atoms with van der Waals surface area (Å²) in [4.78, 5) is 2.40. The number of hydrogen-bond acceptors (Lipinski definition) is 3. The van der Waals surface area contributed by atoms with E-state index in [9.17, 15) is 5.11 Å². The molecule has 0 fully saturated rings. The third-order valence-electron chi connectivity index (χ3n) is 10.9. The van der Waals surface area contributed by atoms with Crippen molar-refractivity contribution in [3.63, 3.8) is 0 Å². The Morgan fingerprint density at radius 1 is 0.565 bits per heavy atom. The fourth-order valence-corrected chi connectivity index (χ4v) is 7.38. The maximum absolute atomic E-state index is 10.8. The molecule has 0 aliphatic heterocycles. The summed E-state index contributed by atoms with van der Waals surface area (Å²) in [5.74, 6) is 0. The second kappa shape index (κ2) is 10.5. The molecular formula is C42H44BNO2. The number of nitrogens with zero attached hydrogens (tertiary/aromatic N) is 1. The van der Waals surface area contributed by atoms with Crippen molar-refractivity contribution < 1.29 is 9.76 Å². The minimum absolute atomic E-state index is 0.117. The monoisotopic (exact) mass is 605 g/mol. The van der Waals surface area contributed by atoms with Crippen LogP contribution < -0.4 is 10.4 Å². The van der Waals surface area contributed by atoms with Gasteiger partial charge in [0.2, 0.25) is 0 Å². The predicted molar refractivity (Wildman–Crippen MR) is 194 cm³/mol. The molecule has 5 aromatic rings. The van der Waals surface area contributed by atoms with Crippen molar-refractivity contribution in [1.29, 1.82) is 0 Å². The van der Waals surface area contributed by atoms with Gasteiger partial charge in [-0.25, -0.2) is 0 Å². The summed E-state index contributed by atoms with van der Waals surface area (Å²) in [6.07, 6.45) is 0. The van der Waals surface area contributed by atoms with Crippen molar-refractivity contribution in [3.05, 3.63) is 131 Å². The Bertz CT molecular complexity index is 1870. The van der Waals surface area contributed by atoms with Gasteiger partial charge < -0.3 is 14.7 Å². The molecule has 7 rings (SSSR count). The lowest BCUT2D eigenvalue weighted by Crippen LogP contribution is -2.49. The van der Waals surface area contributed by atoms with Crippen LogP contribution in [0.15, 0.2) is 109 Å². The molecule has 3 nitrogen and oxygen atoms in total. The van der Waals surface area contributed by atoms with Crippen molar-refractivity contribution >= 4 is 30.0 Å². The van der Waals surface area contributed by atoms with Gasteiger partial charge in [-0.2, -0.15) is 0 Å². The van der Waals surface area contributed by atoms with E-state index >= 15 is 0 Å². The van der Waals surface area contributed by atoms with Gasteiger partial charge in [-0.15, -0.1) is 0 Å². The van der Waals surface area contributed by atoms with Crippen LogP contribution in [0.4, 0.5) is 17.1 Å². The predicted octanol–water partition coefficient (Wildman–Crippen LogP) is 9.31. The van der Waals surface area contributed by atoms with Gasteiger partial charge in [-0.3, -0.25) is 0 Å². The molecule has 2 aliphatic carbocycles. The fourth-order valence-electron chi connectivity index (χ4n) is 7.38. The third-order valence-corrected chi connectivity index (χ3v) is 10.9. The summed E-state index contributed by atoms with van der Waals surface area (Å²) < 4.78 is 6.46. The van der Waals surface area contributed by atoms with Crippen LogP contribution in [-0.2, 0) is 15.5 Å². The zero-order valence-electron chi connectivity index (χ0n) is 28.4. The molecular weight excluding hydrogens is 561 g/mol. The lowest BCUT2D eigenvalue weighted by Gasteiger charge is -2.38. The molecule has 232 valence electrons. The molecule has 4 heteroatoms. The molecule has 0 radical (unpaired) electrons. The topological polar surface area (TPSA) is 32.7 Å². The van der Waals surface area contributed by atoms with Crippen molar-refractivity contribution in [2.75, 3.05) is 4.90 Å². The molecule has 0 bridgehead atoms. The third kappa shape index (κ3) is 4.65. The highest BCUT2D eigenvalue weighted by Gasteiger charge is 2.39. The standard InChI is InChI=1S/C42H44BNO2/c1-39(2)33-17-11-9-15-29(33)31-23-21-27(25-35(31)39)44(38-20-14-13-19-37(38)43-46-42(7,8)41(5,6)45)28-22-24-32-30-16-10-12-18-34(30)40(3,4)36(32)26-28/h9-26,43,45H,1-8H3. The summed E-state index contributed by atoms with van der Waals surface area (Å²) in [5.41, 5.74) is 13.0. The molecule has 0 saturated carbocycles. The van der Waals surface area contributed by atoms with E-state index in [1.165, 1.54) is 44.5 Å². The van der Waals surface area contributed by atoms with Gasteiger partial charge in [0.05, 0.1) is 11.2 Å². The summed E-state index contributed by atoms with van der Waals surface area (Å²) in [7, 11) is 0.368. The Morgan fingerprint density at radius 3 is 1.50 bits per heavy atom. The zero-order chi connectivity index (χ0) is 32.6. The van der Waals surface area contributed by atoms with Crippen LogP contribution in [-0.4, -0.2) is 23.8 Å². The molecule has 1 N–H and O–H groups in total. The zero-order valence-corrected chi connectivity index (χ0v) is 28.4. The minimum atomic E-state index is -0.997. The number of hydrogen-bond donors (Lipinski definition) is 1. The van der Waals surface area contributed by atoms with Gasteiger partial charge in [0.1, 0.15) is 0 Å². The Balaban J connectivity index is 1.40. The highest BCUT2D eigenvalue weighted by Crippen LogP contribution is 2.52. The van der Waals surface area contributed by atoms with Crippen molar-refractivity contribution in [2.24, 2.45) is 0 Å². The summed E-state index contributed by atoms with van der Waals surface area (Å²) >= 11 is 0. The normalized spacial score (nSPS) is 15.5. The molecule has 0 heterocycles.